The molecule has 2 rings (SSSR count). The number of nitrogens with one attached hydrogen (secondary N) is 1. The van der Waals surface area contributed by atoms with Crippen molar-refractivity contribution in [2.45, 2.75) is 32.7 Å². The monoisotopic (exact) mass is 272 g/mol. The van der Waals surface area contributed by atoms with Gasteiger partial charge in [0.1, 0.15) is 11.5 Å². The third-order valence-corrected chi connectivity index (χ3v) is 3.25. The van der Waals surface area contributed by atoms with Gasteiger partial charge in [-0.15, -0.1) is 0 Å². The van der Waals surface area contributed by atoms with Crippen molar-refractivity contribution in [3.8, 4) is 0 Å². The SMILES string of the molecule is Cc1ccc(CNC(=O)CC(C)c2ccc(N)cc2)o1. The second kappa shape index (κ2) is 6.28. The molecular formula is C16H20N2O2. The molecule has 0 bridgehead atoms. The minimum absolute atomic E-state index is 0.0170. The number of carbonyl (C=O) groups is 1. The summed E-state index contributed by atoms with van der Waals surface area (Å²) in [4.78, 5) is 11.9. The molecule has 0 aliphatic rings. The van der Waals surface area contributed by atoms with Crippen LogP contribution in [0.3, 0.4) is 0 Å². The second-order valence-electron chi connectivity index (χ2n) is 5.06. The summed E-state index contributed by atoms with van der Waals surface area (Å²) in [6.45, 7) is 4.35. The number of hydrogen-bond acceptors (Lipinski definition) is 3. The fourth-order valence-electron chi connectivity index (χ4n) is 2.06. The molecule has 1 amide bonds. The second-order valence-corrected chi connectivity index (χ2v) is 5.06. The van der Waals surface area contributed by atoms with E-state index in [9.17, 15) is 4.79 Å². The molecule has 0 aliphatic heterocycles. The van der Waals surface area contributed by atoms with Crippen LogP contribution >= 0.6 is 0 Å². The first-order valence-corrected chi connectivity index (χ1v) is 6.72. The number of rotatable bonds is 5. The first-order chi connectivity index (χ1) is 9.54. The van der Waals surface area contributed by atoms with Crippen molar-refractivity contribution in [1.29, 1.82) is 0 Å². The number of amides is 1. The zero-order valence-corrected chi connectivity index (χ0v) is 11.8. The number of carbonyl (C=O) groups excluding carboxylic acids is 1. The Kier molecular flexibility index (Phi) is 4.45. The van der Waals surface area contributed by atoms with Crippen LogP contribution in [-0.2, 0) is 11.3 Å². The summed E-state index contributed by atoms with van der Waals surface area (Å²) in [6, 6.07) is 11.4. The van der Waals surface area contributed by atoms with E-state index in [1.54, 1.807) is 0 Å². The van der Waals surface area contributed by atoms with Gasteiger partial charge in [0.15, 0.2) is 0 Å². The summed E-state index contributed by atoms with van der Waals surface area (Å²) in [7, 11) is 0. The molecule has 106 valence electrons. The minimum Gasteiger partial charge on any atom is -0.465 e. The van der Waals surface area contributed by atoms with Gasteiger partial charge in [0.05, 0.1) is 6.54 Å². The minimum atomic E-state index is 0.0170. The first-order valence-electron chi connectivity index (χ1n) is 6.72. The summed E-state index contributed by atoms with van der Waals surface area (Å²) in [5, 5.41) is 2.87. The number of nitrogens with two attached hydrogens (primary N) is 1. The highest BCUT2D eigenvalue weighted by atomic mass is 16.3. The number of nitrogen functional groups attached to an aromatic ring is 1. The van der Waals surface area contributed by atoms with Crippen molar-refractivity contribution in [2.75, 3.05) is 5.73 Å². The molecule has 1 heterocycles. The van der Waals surface area contributed by atoms with Gasteiger partial charge in [0.2, 0.25) is 5.91 Å². The molecule has 1 unspecified atom stereocenters. The maximum Gasteiger partial charge on any atom is 0.220 e. The van der Waals surface area contributed by atoms with Crippen molar-refractivity contribution in [2.24, 2.45) is 0 Å². The highest BCUT2D eigenvalue weighted by molar-refractivity contribution is 5.76. The van der Waals surface area contributed by atoms with Crippen LogP contribution in [0.2, 0.25) is 0 Å². The Morgan fingerprint density at radius 3 is 2.55 bits per heavy atom. The lowest BCUT2D eigenvalue weighted by Gasteiger charge is -2.12. The number of furan rings is 1. The Balaban J connectivity index is 1.83. The van der Waals surface area contributed by atoms with Gasteiger partial charge in [0.25, 0.3) is 0 Å². The molecule has 1 atom stereocenters. The Hall–Kier alpha value is -2.23. The van der Waals surface area contributed by atoms with Gasteiger partial charge in [-0.3, -0.25) is 4.79 Å². The zero-order valence-electron chi connectivity index (χ0n) is 11.8. The van der Waals surface area contributed by atoms with E-state index in [4.69, 9.17) is 10.2 Å². The molecule has 4 heteroatoms. The van der Waals surface area contributed by atoms with Crippen LogP contribution in [0.4, 0.5) is 5.69 Å². The number of anilines is 1. The van der Waals surface area contributed by atoms with Gasteiger partial charge >= 0.3 is 0 Å². The largest absolute Gasteiger partial charge is 0.465 e. The third kappa shape index (κ3) is 3.88. The van der Waals surface area contributed by atoms with Crippen molar-refractivity contribution in [3.05, 3.63) is 53.5 Å². The van der Waals surface area contributed by atoms with Gasteiger partial charge in [-0.1, -0.05) is 19.1 Å². The molecule has 0 fully saturated rings. The van der Waals surface area contributed by atoms with Crippen LogP contribution in [0.25, 0.3) is 0 Å². The molecule has 0 saturated carbocycles. The third-order valence-electron chi connectivity index (χ3n) is 3.25. The predicted octanol–water partition coefficient (Wildman–Crippen LogP) is 2.98. The molecule has 1 aromatic heterocycles. The highest BCUT2D eigenvalue weighted by Gasteiger charge is 2.11. The van der Waals surface area contributed by atoms with Crippen LogP contribution in [0.5, 0.6) is 0 Å². The lowest BCUT2D eigenvalue weighted by molar-refractivity contribution is -0.121. The molecule has 1 aromatic carbocycles. The smallest absolute Gasteiger partial charge is 0.220 e. The van der Waals surface area contributed by atoms with Crippen molar-refractivity contribution in [1.82, 2.24) is 5.32 Å². The van der Waals surface area contributed by atoms with E-state index in [1.165, 1.54) is 0 Å². The molecule has 0 saturated heterocycles. The lowest BCUT2D eigenvalue weighted by atomic mass is 9.97. The van der Waals surface area contributed by atoms with Crippen molar-refractivity contribution in [3.63, 3.8) is 0 Å². The standard InChI is InChI=1S/C16H20N2O2/c1-11(13-4-6-14(17)7-5-13)9-16(19)18-10-15-8-3-12(2)20-15/h3-8,11H,9-10,17H2,1-2H3,(H,18,19). The summed E-state index contributed by atoms with van der Waals surface area (Å²) < 4.78 is 5.41. The van der Waals surface area contributed by atoms with Crippen molar-refractivity contribution >= 4 is 11.6 Å². The number of aryl methyl sites for hydroxylation is 1. The van der Waals surface area contributed by atoms with Crippen LogP contribution < -0.4 is 11.1 Å². The summed E-state index contributed by atoms with van der Waals surface area (Å²) >= 11 is 0. The van der Waals surface area contributed by atoms with Gasteiger partial charge < -0.3 is 15.5 Å². The van der Waals surface area contributed by atoms with E-state index in [0.29, 0.717) is 13.0 Å². The van der Waals surface area contributed by atoms with E-state index >= 15 is 0 Å². The van der Waals surface area contributed by atoms with Gasteiger partial charge in [-0.2, -0.15) is 0 Å². The number of hydrogen-bond donors (Lipinski definition) is 2. The first kappa shape index (κ1) is 14.2. The topological polar surface area (TPSA) is 68.3 Å². The quantitative estimate of drug-likeness (QED) is 0.822. The Morgan fingerprint density at radius 2 is 1.95 bits per heavy atom. The normalized spacial score (nSPS) is 12.1. The van der Waals surface area contributed by atoms with E-state index < -0.39 is 0 Å². The Morgan fingerprint density at radius 1 is 1.25 bits per heavy atom. The average molecular weight is 272 g/mol. The zero-order chi connectivity index (χ0) is 14.5. The molecule has 2 aromatic rings. The molecule has 0 aliphatic carbocycles. The summed E-state index contributed by atoms with van der Waals surface area (Å²) in [6.07, 6.45) is 0.448. The van der Waals surface area contributed by atoms with E-state index in [0.717, 1.165) is 22.8 Å². The van der Waals surface area contributed by atoms with Crippen LogP contribution in [0, 0.1) is 6.92 Å². The van der Waals surface area contributed by atoms with Crippen LogP contribution in [0.15, 0.2) is 40.8 Å². The van der Waals surface area contributed by atoms with E-state index in [1.807, 2.05) is 50.2 Å². The maximum absolute atomic E-state index is 11.9. The Bertz CT molecular complexity index is 572. The average Bonchev–Trinajstić information content (AvgIpc) is 2.83. The van der Waals surface area contributed by atoms with E-state index in [-0.39, 0.29) is 11.8 Å². The van der Waals surface area contributed by atoms with Crippen LogP contribution in [0.1, 0.15) is 36.3 Å². The molecule has 0 spiro atoms. The fraction of sp³-hybridized carbons (Fsp3) is 0.312. The van der Waals surface area contributed by atoms with Crippen molar-refractivity contribution < 1.29 is 9.21 Å². The maximum atomic E-state index is 11.9. The molecule has 20 heavy (non-hydrogen) atoms. The molecule has 3 N–H and O–H groups in total. The molecule has 4 nitrogen and oxygen atoms in total. The van der Waals surface area contributed by atoms with Gasteiger partial charge in [-0.25, -0.2) is 0 Å². The Labute approximate surface area is 119 Å². The summed E-state index contributed by atoms with van der Waals surface area (Å²) in [5.41, 5.74) is 7.50. The predicted molar refractivity (Wildman–Crippen MR) is 79.2 cm³/mol. The summed E-state index contributed by atoms with van der Waals surface area (Å²) in [5.74, 6) is 1.80. The molecular weight excluding hydrogens is 252 g/mol. The van der Waals surface area contributed by atoms with E-state index in [2.05, 4.69) is 5.32 Å². The number of benzene rings is 1. The highest BCUT2D eigenvalue weighted by Crippen LogP contribution is 2.20. The lowest BCUT2D eigenvalue weighted by Crippen LogP contribution is -2.23. The van der Waals surface area contributed by atoms with Gasteiger partial charge in [-0.05, 0) is 42.7 Å². The molecule has 0 radical (unpaired) electrons. The van der Waals surface area contributed by atoms with Crippen LogP contribution in [-0.4, -0.2) is 5.91 Å². The fourth-order valence-corrected chi connectivity index (χ4v) is 2.06. The van der Waals surface area contributed by atoms with Gasteiger partial charge in [0, 0.05) is 12.1 Å².